The highest BCUT2D eigenvalue weighted by Crippen LogP contribution is 2.17. The van der Waals surface area contributed by atoms with Crippen molar-refractivity contribution in [1.82, 2.24) is 5.32 Å². The minimum absolute atomic E-state index is 0.0748. The van der Waals surface area contributed by atoms with Crippen LogP contribution in [0.25, 0.3) is 0 Å². The number of carbonyl (C=O) groups excluding carboxylic acids is 1. The Morgan fingerprint density at radius 3 is 2.39 bits per heavy atom. The minimum atomic E-state index is -0.640. The lowest BCUT2D eigenvalue weighted by Gasteiger charge is -2.23. The topological polar surface area (TPSA) is 58.6 Å². The van der Waals surface area contributed by atoms with Crippen molar-refractivity contribution < 1.29 is 14.6 Å². The van der Waals surface area contributed by atoms with Crippen LogP contribution < -0.4 is 5.32 Å². The van der Waals surface area contributed by atoms with Gasteiger partial charge in [0.05, 0.1) is 12.6 Å². The van der Waals surface area contributed by atoms with Crippen LogP contribution in [0.2, 0.25) is 0 Å². The molecule has 0 bridgehead atoms. The molecular formula is C14H21NO3. The van der Waals surface area contributed by atoms with Crippen LogP contribution in [-0.4, -0.2) is 30.8 Å². The molecule has 1 aromatic carbocycles. The van der Waals surface area contributed by atoms with Crippen molar-refractivity contribution in [2.24, 2.45) is 5.92 Å². The molecule has 1 rings (SSSR count). The number of ether oxygens (including phenoxy) is 1. The number of nitrogens with one attached hydrogen (secondary N) is 1. The van der Waals surface area contributed by atoms with Gasteiger partial charge in [0, 0.05) is 7.11 Å². The zero-order chi connectivity index (χ0) is 13.5. The Balaban J connectivity index is 2.74. The SMILES string of the molecule is COC(C(=O)NC(CO)C(C)C)c1ccccc1. The molecule has 0 saturated heterocycles. The molecule has 0 aliphatic heterocycles. The van der Waals surface area contributed by atoms with Gasteiger partial charge in [-0.2, -0.15) is 0 Å². The molecule has 18 heavy (non-hydrogen) atoms. The Bertz CT molecular complexity index is 365. The third kappa shape index (κ3) is 3.82. The summed E-state index contributed by atoms with van der Waals surface area (Å²) < 4.78 is 5.23. The fourth-order valence-corrected chi connectivity index (χ4v) is 1.70. The van der Waals surface area contributed by atoms with Crippen molar-refractivity contribution in [3.05, 3.63) is 35.9 Å². The molecule has 2 N–H and O–H groups in total. The Morgan fingerprint density at radius 2 is 1.94 bits per heavy atom. The molecule has 0 saturated carbocycles. The van der Waals surface area contributed by atoms with Crippen molar-refractivity contribution in [2.45, 2.75) is 26.0 Å². The van der Waals surface area contributed by atoms with Crippen molar-refractivity contribution in [3.8, 4) is 0 Å². The first-order chi connectivity index (χ1) is 8.60. The Hall–Kier alpha value is -1.39. The van der Waals surface area contributed by atoms with E-state index >= 15 is 0 Å². The molecule has 0 aliphatic carbocycles. The van der Waals surface area contributed by atoms with Crippen LogP contribution in [0.3, 0.4) is 0 Å². The molecule has 100 valence electrons. The minimum Gasteiger partial charge on any atom is -0.394 e. The van der Waals surface area contributed by atoms with Crippen molar-refractivity contribution >= 4 is 5.91 Å². The summed E-state index contributed by atoms with van der Waals surface area (Å²) in [5.41, 5.74) is 0.804. The summed E-state index contributed by atoms with van der Waals surface area (Å²) >= 11 is 0. The first kappa shape index (κ1) is 14.7. The van der Waals surface area contributed by atoms with Crippen LogP contribution in [0.4, 0.5) is 0 Å². The fourth-order valence-electron chi connectivity index (χ4n) is 1.70. The molecule has 4 nitrogen and oxygen atoms in total. The van der Waals surface area contributed by atoms with Crippen LogP contribution in [0.15, 0.2) is 30.3 Å². The number of hydrogen-bond donors (Lipinski definition) is 2. The quantitative estimate of drug-likeness (QED) is 0.805. The molecule has 1 amide bonds. The van der Waals surface area contributed by atoms with E-state index in [1.165, 1.54) is 7.11 Å². The van der Waals surface area contributed by atoms with Crippen LogP contribution in [-0.2, 0) is 9.53 Å². The lowest BCUT2D eigenvalue weighted by Crippen LogP contribution is -2.43. The summed E-state index contributed by atoms with van der Waals surface area (Å²) in [6.07, 6.45) is -0.640. The van der Waals surface area contributed by atoms with E-state index in [1.54, 1.807) is 0 Å². The maximum absolute atomic E-state index is 12.1. The zero-order valence-corrected chi connectivity index (χ0v) is 11.1. The van der Waals surface area contributed by atoms with E-state index in [-0.39, 0.29) is 24.5 Å². The van der Waals surface area contributed by atoms with Crippen LogP contribution in [0.5, 0.6) is 0 Å². The highest BCUT2D eigenvalue weighted by Gasteiger charge is 2.23. The van der Waals surface area contributed by atoms with Crippen molar-refractivity contribution in [2.75, 3.05) is 13.7 Å². The normalized spacial score (nSPS) is 14.3. The van der Waals surface area contributed by atoms with Gasteiger partial charge in [0.1, 0.15) is 0 Å². The average Bonchev–Trinajstić information content (AvgIpc) is 2.37. The van der Waals surface area contributed by atoms with Gasteiger partial charge in [-0.25, -0.2) is 0 Å². The van der Waals surface area contributed by atoms with Crippen LogP contribution in [0, 0.1) is 5.92 Å². The van der Waals surface area contributed by atoms with Gasteiger partial charge in [0.2, 0.25) is 0 Å². The lowest BCUT2D eigenvalue weighted by molar-refractivity contribution is -0.132. The van der Waals surface area contributed by atoms with Crippen LogP contribution in [0.1, 0.15) is 25.5 Å². The first-order valence-corrected chi connectivity index (χ1v) is 6.09. The van der Waals surface area contributed by atoms with E-state index in [9.17, 15) is 9.90 Å². The van der Waals surface area contributed by atoms with Gasteiger partial charge in [-0.15, -0.1) is 0 Å². The zero-order valence-electron chi connectivity index (χ0n) is 11.1. The van der Waals surface area contributed by atoms with Gasteiger partial charge in [0.25, 0.3) is 5.91 Å². The summed E-state index contributed by atoms with van der Waals surface area (Å²) in [6.45, 7) is 3.83. The largest absolute Gasteiger partial charge is 0.394 e. The summed E-state index contributed by atoms with van der Waals surface area (Å²) in [5, 5.41) is 12.0. The molecule has 0 radical (unpaired) electrons. The van der Waals surface area contributed by atoms with E-state index < -0.39 is 6.10 Å². The van der Waals surface area contributed by atoms with E-state index in [4.69, 9.17) is 4.74 Å². The smallest absolute Gasteiger partial charge is 0.254 e. The van der Waals surface area contributed by atoms with E-state index in [1.807, 2.05) is 44.2 Å². The second-order valence-electron chi connectivity index (χ2n) is 4.57. The van der Waals surface area contributed by atoms with Gasteiger partial charge in [-0.3, -0.25) is 4.79 Å². The molecule has 4 heteroatoms. The molecule has 0 heterocycles. The number of aliphatic hydroxyl groups excluding tert-OH is 1. The van der Waals surface area contributed by atoms with Gasteiger partial charge in [0.15, 0.2) is 6.10 Å². The number of amides is 1. The number of carbonyl (C=O) groups is 1. The van der Waals surface area contributed by atoms with Gasteiger partial charge in [-0.05, 0) is 11.5 Å². The monoisotopic (exact) mass is 251 g/mol. The average molecular weight is 251 g/mol. The first-order valence-electron chi connectivity index (χ1n) is 6.09. The van der Waals surface area contributed by atoms with E-state index in [0.29, 0.717) is 0 Å². The van der Waals surface area contributed by atoms with Crippen molar-refractivity contribution in [1.29, 1.82) is 0 Å². The third-order valence-corrected chi connectivity index (χ3v) is 2.91. The number of rotatable bonds is 6. The molecule has 2 atom stereocenters. The van der Waals surface area contributed by atoms with Gasteiger partial charge < -0.3 is 15.2 Å². The summed E-state index contributed by atoms with van der Waals surface area (Å²) in [5.74, 6) is -0.0521. The molecule has 0 spiro atoms. The Labute approximate surface area is 108 Å². The predicted octanol–water partition coefficient (Wildman–Crippen LogP) is 1.51. The molecule has 0 aliphatic rings. The predicted molar refractivity (Wildman–Crippen MR) is 70.0 cm³/mol. The van der Waals surface area contributed by atoms with Gasteiger partial charge >= 0.3 is 0 Å². The maximum Gasteiger partial charge on any atom is 0.254 e. The number of hydrogen-bond acceptors (Lipinski definition) is 3. The molecule has 0 aromatic heterocycles. The standard InChI is InChI=1S/C14H21NO3/c1-10(2)12(9-16)15-14(17)13(18-3)11-7-5-4-6-8-11/h4-8,10,12-13,16H,9H2,1-3H3,(H,15,17). The molecule has 0 fully saturated rings. The second-order valence-corrected chi connectivity index (χ2v) is 4.57. The second kappa shape index (κ2) is 7.13. The molecule has 1 aromatic rings. The summed E-state index contributed by atoms with van der Waals surface area (Å²) in [4.78, 5) is 12.1. The Morgan fingerprint density at radius 1 is 1.33 bits per heavy atom. The molecule has 2 unspecified atom stereocenters. The number of aliphatic hydroxyl groups is 1. The van der Waals surface area contributed by atoms with E-state index in [2.05, 4.69) is 5.32 Å². The summed E-state index contributed by atoms with van der Waals surface area (Å²) in [6, 6.07) is 9.05. The highest BCUT2D eigenvalue weighted by molar-refractivity contribution is 5.82. The number of methoxy groups -OCH3 is 1. The fraction of sp³-hybridized carbons (Fsp3) is 0.500. The van der Waals surface area contributed by atoms with E-state index in [0.717, 1.165) is 5.56 Å². The Kier molecular flexibility index (Phi) is 5.82. The summed E-state index contributed by atoms with van der Waals surface area (Å²) in [7, 11) is 1.50. The third-order valence-electron chi connectivity index (χ3n) is 2.91. The maximum atomic E-state index is 12.1. The van der Waals surface area contributed by atoms with Gasteiger partial charge in [-0.1, -0.05) is 44.2 Å². The lowest BCUT2D eigenvalue weighted by atomic mass is 10.0. The molecular weight excluding hydrogens is 230 g/mol. The number of benzene rings is 1. The van der Waals surface area contributed by atoms with Crippen molar-refractivity contribution in [3.63, 3.8) is 0 Å². The van der Waals surface area contributed by atoms with Crippen LogP contribution >= 0.6 is 0 Å². The highest BCUT2D eigenvalue weighted by atomic mass is 16.5.